The summed E-state index contributed by atoms with van der Waals surface area (Å²) >= 11 is 0. The molecule has 0 saturated carbocycles. The summed E-state index contributed by atoms with van der Waals surface area (Å²) < 4.78 is 35.5. The highest BCUT2D eigenvalue weighted by molar-refractivity contribution is 5.92. The van der Waals surface area contributed by atoms with Crippen molar-refractivity contribution < 1.29 is 52.4 Å². The molecule has 0 amide bonds. The molecule has 0 unspecified atom stereocenters. The average Bonchev–Trinajstić information content (AvgIpc) is 3.20. The highest BCUT2D eigenvalue weighted by Crippen LogP contribution is 2.32. The summed E-state index contributed by atoms with van der Waals surface area (Å²) in [4.78, 5) is 67.4. The molecule has 1 aliphatic heterocycles. The molecule has 1 aliphatic rings. The van der Waals surface area contributed by atoms with Crippen LogP contribution in [-0.4, -0.2) is 67.2 Å². The Morgan fingerprint density at radius 2 is 0.692 bits per heavy atom. The second-order valence-corrected chi connectivity index (χ2v) is 11.5. The molecular formula is C41H32O11. The van der Waals surface area contributed by atoms with Crippen molar-refractivity contribution >= 4 is 29.8 Å². The zero-order valence-electron chi connectivity index (χ0n) is 27.5. The summed E-state index contributed by atoms with van der Waals surface area (Å²) in [6.45, 7) is -0.557. The maximum Gasteiger partial charge on any atom is 0.340 e. The Balaban J connectivity index is 1.41. The molecule has 262 valence electrons. The molecule has 5 atom stereocenters. The van der Waals surface area contributed by atoms with Crippen LogP contribution in [0.5, 0.6) is 0 Å². The number of esters is 5. The molecule has 0 radical (unpaired) electrons. The fourth-order valence-corrected chi connectivity index (χ4v) is 5.37. The first-order valence-electron chi connectivity index (χ1n) is 16.3. The first kappa shape index (κ1) is 35.2. The van der Waals surface area contributed by atoms with Crippen LogP contribution in [0, 0.1) is 0 Å². The van der Waals surface area contributed by atoms with Crippen molar-refractivity contribution in [1.82, 2.24) is 0 Å². The smallest absolute Gasteiger partial charge is 0.340 e. The Kier molecular flexibility index (Phi) is 11.4. The molecular weight excluding hydrogens is 668 g/mol. The van der Waals surface area contributed by atoms with Crippen molar-refractivity contribution in [1.29, 1.82) is 0 Å². The van der Waals surface area contributed by atoms with Gasteiger partial charge in [0.15, 0.2) is 12.2 Å². The Labute approximate surface area is 298 Å². The summed E-state index contributed by atoms with van der Waals surface area (Å²) in [5, 5.41) is 0. The van der Waals surface area contributed by atoms with Crippen LogP contribution in [0.25, 0.3) is 0 Å². The lowest BCUT2D eigenvalue weighted by atomic mass is 9.97. The first-order chi connectivity index (χ1) is 25.4. The van der Waals surface area contributed by atoms with Crippen LogP contribution in [0.4, 0.5) is 0 Å². The van der Waals surface area contributed by atoms with Gasteiger partial charge in [0.2, 0.25) is 12.4 Å². The largest absolute Gasteiger partial charge is 0.459 e. The normalized spacial score (nSPS) is 19.3. The van der Waals surface area contributed by atoms with Crippen LogP contribution in [0.3, 0.4) is 0 Å². The van der Waals surface area contributed by atoms with Gasteiger partial charge in [0.05, 0.1) is 27.8 Å². The highest BCUT2D eigenvalue weighted by Gasteiger charge is 2.54. The Hall–Kier alpha value is -6.59. The SMILES string of the molecule is O=C(OC[C@H]1O[C@@H](OC(=O)c2ccccc2)[C@@H](OC(=O)c2ccccc2)[C@H](OC(=O)c2ccccc2)[C@H]1OC(=O)c1ccccc1)c1ccccc1. The maximum absolute atomic E-state index is 13.7. The van der Waals surface area contributed by atoms with Gasteiger partial charge in [-0.3, -0.25) is 0 Å². The van der Waals surface area contributed by atoms with Gasteiger partial charge in [0.1, 0.15) is 12.7 Å². The van der Waals surface area contributed by atoms with Gasteiger partial charge in [-0.15, -0.1) is 0 Å². The van der Waals surface area contributed by atoms with E-state index in [1.807, 2.05) is 0 Å². The molecule has 0 N–H and O–H groups in total. The summed E-state index contributed by atoms with van der Waals surface area (Å²) in [5.41, 5.74) is 0.762. The van der Waals surface area contributed by atoms with Crippen molar-refractivity contribution in [2.75, 3.05) is 6.61 Å². The summed E-state index contributed by atoms with van der Waals surface area (Å²) in [7, 11) is 0. The number of carbonyl (C=O) groups is 5. The van der Waals surface area contributed by atoms with Gasteiger partial charge in [-0.25, -0.2) is 24.0 Å². The fraction of sp³-hybridized carbons (Fsp3) is 0.146. The lowest BCUT2D eigenvalue weighted by molar-refractivity contribution is -0.282. The zero-order chi connectivity index (χ0) is 36.3. The van der Waals surface area contributed by atoms with Crippen LogP contribution in [0.1, 0.15) is 51.8 Å². The van der Waals surface area contributed by atoms with E-state index in [0.717, 1.165) is 0 Å². The van der Waals surface area contributed by atoms with Crippen molar-refractivity contribution in [2.45, 2.75) is 30.7 Å². The predicted molar refractivity (Wildman–Crippen MR) is 184 cm³/mol. The van der Waals surface area contributed by atoms with Crippen molar-refractivity contribution in [2.24, 2.45) is 0 Å². The van der Waals surface area contributed by atoms with E-state index in [9.17, 15) is 24.0 Å². The molecule has 0 spiro atoms. The molecule has 11 nitrogen and oxygen atoms in total. The van der Waals surface area contributed by atoms with E-state index in [1.54, 1.807) is 103 Å². The van der Waals surface area contributed by atoms with Crippen LogP contribution >= 0.6 is 0 Å². The monoisotopic (exact) mass is 700 g/mol. The summed E-state index contributed by atoms with van der Waals surface area (Å²) in [5.74, 6) is -4.19. The summed E-state index contributed by atoms with van der Waals surface area (Å²) in [6.07, 6.45) is -8.07. The van der Waals surface area contributed by atoms with Gasteiger partial charge in [-0.05, 0) is 60.7 Å². The van der Waals surface area contributed by atoms with Gasteiger partial charge in [-0.2, -0.15) is 0 Å². The standard InChI is InChI=1S/C41H32O11/c42-36(27-16-6-1-7-17-27)47-26-32-33(49-37(43)28-18-8-2-9-19-28)34(50-38(44)29-20-10-3-11-21-29)35(51-39(45)30-22-12-4-13-23-30)41(48-32)52-40(46)31-24-14-5-15-25-31/h1-25,32-35,41H,26H2/t32-,33+,34-,35+,41+/m1/s1. The highest BCUT2D eigenvalue weighted by atomic mass is 16.7. The van der Waals surface area contributed by atoms with E-state index >= 15 is 0 Å². The maximum atomic E-state index is 13.7. The molecule has 0 aliphatic carbocycles. The first-order valence-corrected chi connectivity index (χ1v) is 16.3. The molecule has 6 rings (SSSR count). The van der Waals surface area contributed by atoms with Gasteiger partial charge in [0.25, 0.3) is 0 Å². The third-order valence-corrected chi connectivity index (χ3v) is 7.97. The van der Waals surface area contributed by atoms with Gasteiger partial charge >= 0.3 is 29.8 Å². The molecule has 1 heterocycles. The van der Waals surface area contributed by atoms with E-state index in [0.29, 0.717) is 0 Å². The molecule has 0 aromatic heterocycles. The third-order valence-electron chi connectivity index (χ3n) is 7.97. The van der Waals surface area contributed by atoms with Crippen molar-refractivity contribution in [3.8, 4) is 0 Å². The predicted octanol–water partition coefficient (Wildman–Crippen LogP) is 6.10. The van der Waals surface area contributed by atoms with Gasteiger partial charge < -0.3 is 28.4 Å². The third kappa shape index (κ3) is 8.76. The summed E-state index contributed by atoms with van der Waals surface area (Å²) in [6, 6.07) is 40.0. The Morgan fingerprint density at radius 3 is 1.08 bits per heavy atom. The number of hydrogen-bond acceptors (Lipinski definition) is 11. The number of carbonyl (C=O) groups excluding carboxylic acids is 5. The van der Waals surface area contributed by atoms with Crippen LogP contribution in [-0.2, 0) is 28.4 Å². The Bertz CT molecular complexity index is 1970. The molecule has 5 aromatic carbocycles. The van der Waals surface area contributed by atoms with E-state index in [-0.39, 0.29) is 27.8 Å². The molecule has 0 bridgehead atoms. The van der Waals surface area contributed by atoms with E-state index < -0.39 is 67.2 Å². The van der Waals surface area contributed by atoms with Crippen LogP contribution < -0.4 is 0 Å². The molecule has 11 heteroatoms. The number of hydrogen-bond donors (Lipinski definition) is 0. The minimum atomic E-state index is -1.75. The van der Waals surface area contributed by atoms with Crippen LogP contribution in [0.15, 0.2) is 152 Å². The van der Waals surface area contributed by atoms with E-state index in [1.165, 1.54) is 48.5 Å². The Morgan fingerprint density at radius 1 is 0.385 bits per heavy atom. The lowest BCUT2D eigenvalue weighted by Gasteiger charge is -2.43. The molecule has 1 fully saturated rings. The van der Waals surface area contributed by atoms with E-state index in [2.05, 4.69) is 0 Å². The lowest BCUT2D eigenvalue weighted by Crippen LogP contribution is -2.63. The fourth-order valence-electron chi connectivity index (χ4n) is 5.37. The van der Waals surface area contributed by atoms with Crippen LogP contribution in [0.2, 0.25) is 0 Å². The minimum absolute atomic E-state index is 0.125. The average molecular weight is 701 g/mol. The molecule has 1 saturated heterocycles. The number of ether oxygens (including phenoxy) is 6. The van der Waals surface area contributed by atoms with Crippen molar-refractivity contribution in [3.63, 3.8) is 0 Å². The minimum Gasteiger partial charge on any atom is -0.459 e. The molecule has 52 heavy (non-hydrogen) atoms. The van der Waals surface area contributed by atoms with Gasteiger partial charge in [-0.1, -0.05) is 91.0 Å². The zero-order valence-corrected chi connectivity index (χ0v) is 27.5. The number of rotatable bonds is 11. The molecule has 5 aromatic rings. The van der Waals surface area contributed by atoms with Gasteiger partial charge in [0, 0.05) is 0 Å². The second-order valence-electron chi connectivity index (χ2n) is 11.5. The quantitative estimate of drug-likeness (QED) is 0.117. The topological polar surface area (TPSA) is 141 Å². The van der Waals surface area contributed by atoms with E-state index in [4.69, 9.17) is 28.4 Å². The second kappa shape index (κ2) is 16.9. The van der Waals surface area contributed by atoms with Crippen molar-refractivity contribution in [3.05, 3.63) is 179 Å². The number of benzene rings is 5.